The summed E-state index contributed by atoms with van der Waals surface area (Å²) < 4.78 is 0. The molecule has 1 saturated carbocycles. The van der Waals surface area contributed by atoms with E-state index in [4.69, 9.17) is 0 Å². The van der Waals surface area contributed by atoms with Crippen LogP contribution in [0.1, 0.15) is 70.6 Å². The van der Waals surface area contributed by atoms with Gasteiger partial charge in [0.15, 0.2) is 0 Å². The van der Waals surface area contributed by atoms with Crippen LogP contribution in [0.5, 0.6) is 0 Å². The molecule has 0 unspecified atom stereocenters. The molecule has 0 aromatic heterocycles. The highest BCUT2D eigenvalue weighted by Crippen LogP contribution is 2.22. The van der Waals surface area contributed by atoms with E-state index in [0.717, 1.165) is 11.4 Å². The van der Waals surface area contributed by atoms with Crippen LogP contribution in [0.25, 0.3) is 0 Å². The summed E-state index contributed by atoms with van der Waals surface area (Å²) in [6.07, 6.45) is 15.3. The zero-order valence-corrected chi connectivity index (χ0v) is 16.1. The average molecular weight is 351 g/mol. The summed E-state index contributed by atoms with van der Waals surface area (Å²) in [5, 5.41) is 7.25. The maximum Gasteiger partial charge on any atom is 0.0385 e. The van der Waals surface area contributed by atoms with Crippen molar-refractivity contribution in [1.29, 1.82) is 0 Å². The van der Waals surface area contributed by atoms with Gasteiger partial charge in [0.05, 0.1) is 0 Å². The van der Waals surface area contributed by atoms with Crippen LogP contribution in [0.15, 0.2) is 54.6 Å². The SMILES string of the molecule is c1ccc(Nc2ccc(NC3CCCCCCCCCCC3)cc2)cc1. The number of hydrogen-bond donors (Lipinski definition) is 2. The zero-order chi connectivity index (χ0) is 17.9. The van der Waals surface area contributed by atoms with Crippen LogP contribution in [-0.2, 0) is 0 Å². The van der Waals surface area contributed by atoms with Crippen LogP contribution < -0.4 is 10.6 Å². The van der Waals surface area contributed by atoms with Crippen molar-refractivity contribution in [3.05, 3.63) is 54.6 Å². The highest BCUT2D eigenvalue weighted by atomic mass is 14.9. The normalized spacial score (nSPS) is 17.7. The van der Waals surface area contributed by atoms with E-state index in [1.165, 1.54) is 76.3 Å². The third kappa shape index (κ3) is 6.74. The van der Waals surface area contributed by atoms with Crippen molar-refractivity contribution in [2.24, 2.45) is 0 Å². The molecule has 2 aromatic rings. The molecule has 0 radical (unpaired) electrons. The van der Waals surface area contributed by atoms with Crippen molar-refractivity contribution >= 4 is 17.1 Å². The van der Waals surface area contributed by atoms with Crippen LogP contribution in [-0.4, -0.2) is 6.04 Å². The molecular weight excluding hydrogens is 316 g/mol. The van der Waals surface area contributed by atoms with Gasteiger partial charge in [0.2, 0.25) is 0 Å². The van der Waals surface area contributed by atoms with Gasteiger partial charge >= 0.3 is 0 Å². The van der Waals surface area contributed by atoms with Gasteiger partial charge in [0, 0.05) is 23.1 Å². The quantitative estimate of drug-likeness (QED) is 0.596. The first-order valence-corrected chi connectivity index (χ1v) is 10.6. The Hall–Kier alpha value is -1.96. The Bertz CT molecular complexity index is 594. The molecule has 3 rings (SSSR count). The molecule has 2 N–H and O–H groups in total. The van der Waals surface area contributed by atoms with Crippen LogP contribution in [0, 0.1) is 0 Å². The second-order valence-corrected chi connectivity index (χ2v) is 7.67. The average Bonchev–Trinajstić information content (AvgIpc) is 2.66. The molecular formula is C24H34N2. The highest BCUT2D eigenvalue weighted by Gasteiger charge is 2.09. The second kappa shape index (κ2) is 10.9. The van der Waals surface area contributed by atoms with E-state index in [1.54, 1.807) is 0 Å². The standard InChI is InChI=1S/C24H34N2/c1-2-4-6-9-13-21(14-10-7-5-3-1)25-23-17-19-24(20-18-23)26-22-15-11-8-12-16-22/h8,11-12,15-21,25-26H,1-7,9-10,13-14H2. The lowest BCUT2D eigenvalue weighted by atomic mass is 9.98. The van der Waals surface area contributed by atoms with Crippen molar-refractivity contribution in [3.63, 3.8) is 0 Å². The predicted molar refractivity (Wildman–Crippen MR) is 114 cm³/mol. The minimum Gasteiger partial charge on any atom is -0.382 e. The van der Waals surface area contributed by atoms with E-state index in [0.29, 0.717) is 6.04 Å². The summed E-state index contributed by atoms with van der Waals surface area (Å²) in [6, 6.07) is 19.7. The van der Waals surface area contributed by atoms with Crippen molar-refractivity contribution in [1.82, 2.24) is 0 Å². The van der Waals surface area contributed by atoms with Gasteiger partial charge < -0.3 is 10.6 Å². The molecule has 0 heterocycles. The summed E-state index contributed by atoms with van der Waals surface area (Å²) in [4.78, 5) is 0. The first kappa shape index (κ1) is 18.8. The van der Waals surface area contributed by atoms with Gasteiger partial charge in [-0.2, -0.15) is 0 Å². The van der Waals surface area contributed by atoms with Crippen LogP contribution in [0.4, 0.5) is 17.1 Å². The fourth-order valence-corrected chi connectivity index (χ4v) is 3.88. The molecule has 1 fully saturated rings. The molecule has 26 heavy (non-hydrogen) atoms. The minimum absolute atomic E-state index is 0.627. The van der Waals surface area contributed by atoms with Gasteiger partial charge in [0.25, 0.3) is 0 Å². The molecule has 2 aromatic carbocycles. The lowest BCUT2D eigenvalue weighted by Crippen LogP contribution is -2.19. The number of benzene rings is 2. The smallest absolute Gasteiger partial charge is 0.0385 e. The van der Waals surface area contributed by atoms with E-state index in [2.05, 4.69) is 59.2 Å². The lowest BCUT2D eigenvalue weighted by Gasteiger charge is -2.21. The monoisotopic (exact) mass is 350 g/mol. The van der Waals surface area contributed by atoms with Gasteiger partial charge in [-0.15, -0.1) is 0 Å². The van der Waals surface area contributed by atoms with Gasteiger partial charge in [0.1, 0.15) is 0 Å². The van der Waals surface area contributed by atoms with E-state index in [9.17, 15) is 0 Å². The molecule has 0 atom stereocenters. The molecule has 0 saturated heterocycles. The van der Waals surface area contributed by atoms with Gasteiger partial charge in [-0.3, -0.25) is 0 Å². The maximum absolute atomic E-state index is 3.80. The maximum atomic E-state index is 3.80. The van der Waals surface area contributed by atoms with Crippen molar-refractivity contribution < 1.29 is 0 Å². The molecule has 0 bridgehead atoms. The topological polar surface area (TPSA) is 24.1 Å². The molecule has 0 amide bonds. The Morgan fingerprint density at radius 1 is 0.500 bits per heavy atom. The number of para-hydroxylation sites is 1. The summed E-state index contributed by atoms with van der Waals surface area (Å²) >= 11 is 0. The Kier molecular flexibility index (Phi) is 7.89. The van der Waals surface area contributed by atoms with Gasteiger partial charge in [-0.05, 0) is 49.2 Å². The number of rotatable bonds is 4. The predicted octanol–water partition coefficient (Wildman–Crippen LogP) is 7.52. The number of nitrogens with one attached hydrogen (secondary N) is 2. The Labute approximate surface area is 159 Å². The lowest BCUT2D eigenvalue weighted by molar-refractivity contribution is 0.480. The van der Waals surface area contributed by atoms with E-state index in [-0.39, 0.29) is 0 Å². The Morgan fingerprint density at radius 3 is 1.54 bits per heavy atom. The fraction of sp³-hybridized carbons (Fsp3) is 0.500. The zero-order valence-electron chi connectivity index (χ0n) is 16.1. The first-order chi connectivity index (χ1) is 12.9. The van der Waals surface area contributed by atoms with Crippen LogP contribution in [0.3, 0.4) is 0 Å². The van der Waals surface area contributed by atoms with Gasteiger partial charge in [-0.1, -0.05) is 76.0 Å². The summed E-state index contributed by atoms with van der Waals surface area (Å²) in [7, 11) is 0. The third-order valence-corrected chi connectivity index (χ3v) is 5.42. The van der Waals surface area contributed by atoms with Crippen LogP contribution >= 0.6 is 0 Å². The molecule has 2 heteroatoms. The molecule has 140 valence electrons. The number of hydrogen-bond acceptors (Lipinski definition) is 2. The molecule has 2 nitrogen and oxygen atoms in total. The summed E-state index contributed by atoms with van der Waals surface area (Å²) in [5.41, 5.74) is 3.52. The molecule has 1 aliphatic carbocycles. The molecule has 0 aliphatic heterocycles. The molecule has 1 aliphatic rings. The van der Waals surface area contributed by atoms with Crippen molar-refractivity contribution in [3.8, 4) is 0 Å². The second-order valence-electron chi connectivity index (χ2n) is 7.67. The first-order valence-electron chi connectivity index (χ1n) is 10.6. The van der Waals surface area contributed by atoms with Gasteiger partial charge in [-0.25, -0.2) is 0 Å². The van der Waals surface area contributed by atoms with Crippen molar-refractivity contribution in [2.75, 3.05) is 10.6 Å². The Balaban J connectivity index is 1.52. The highest BCUT2D eigenvalue weighted by molar-refractivity contribution is 5.62. The molecule has 0 spiro atoms. The Morgan fingerprint density at radius 2 is 0.962 bits per heavy atom. The van der Waals surface area contributed by atoms with E-state index >= 15 is 0 Å². The van der Waals surface area contributed by atoms with Crippen LogP contribution in [0.2, 0.25) is 0 Å². The number of anilines is 3. The van der Waals surface area contributed by atoms with E-state index in [1.807, 2.05) is 6.07 Å². The van der Waals surface area contributed by atoms with E-state index < -0.39 is 0 Å². The minimum atomic E-state index is 0.627. The largest absolute Gasteiger partial charge is 0.382 e. The fourth-order valence-electron chi connectivity index (χ4n) is 3.88. The summed E-state index contributed by atoms with van der Waals surface area (Å²) in [6.45, 7) is 0. The third-order valence-electron chi connectivity index (χ3n) is 5.42. The summed E-state index contributed by atoms with van der Waals surface area (Å²) in [5.74, 6) is 0. The van der Waals surface area contributed by atoms with Crippen molar-refractivity contribution in [2.45, 2.75) is 76.7 Å².